The third-order valence-electron chi connectivity index (χ3n) is 5.04. The van der Waals surface area contributed by atoms with Gasteiger partial charge in [-0.15, -0.1) is 0 Å². The Morgan fingerprint density at radius 3 is 2.65 bits per heavy atom. The van der Waals surface area contributed by atoms with Crippen molar-refractivity contribution in [2.75, 3.05) is 16.8 Å². The van der Waals surface area contributed by atoms with Gasteiger partial charge < -0.3 is 10.2 Å². The lowest BCUT2D eigenvalue weighted by Crippen LogP contribution is -2.41. The van der Waals surface area contributed by atoms with E-state index < -0.39 is 18.4 Å². The molecule has 0 radical (unpaired) electrons. The molecule has 160 valence electrons. The lowest BCUT2D eigenvalue weighted by Gasteiger charge is -2.24. The molecule has 0 bridgehead atoms. The van der Waals surface area contributed by atoms with Crippen LogP contribution in [0.3, 0.4) is 0 Å². The van der Waals surface area contributed by atoms with Gasteiger partial charge in [-0.1, -0.05) is 23.7 Å². The molecule has 3 heterocycles. The van der Waals surface area contributed by atoms with E-state index in [2.05, 4.69) is 15.4 Å². The number of halogens is 3. The van der Waals surface area contributed by atoms with Gasteiger partial charge in [0.1, 0.15) is 17.7 Å². The van der Waals surface area contributed by atoms with Crippen LogP contribution in [0.15, 0.2) is 42.6 Å². The summed E-state index contributed by atoms with van der Waals surface area (Å²) in [5.41, 5.74) is 2.38. The SMILES string of the molecule is Cc1cc2c(c(Cl)n1)-c1ccnn1C(C)C(=O)N2CC(=O)Nc1ccc(C(F)F)cc1. The molecule has 0 spiro atoms. The molecule has 1 N–H and O–H groups in total. The lowest BCUT2D eigenvalue weighted by atomic mass is 10.1. The predicted octanol–water partition coefficient (Wildman–Crippen LogP) is 4.39. The Kier molecular flexibility index (Phi) is 5.45. The summed E-state index contributed by atoms with van der Waals surface area (Å²) in [6.45, 7) is 3.13. The Morgan fingerprint density at radius 2 is 1.97 bits per heavy atom. The number of benzene rings is 1. The van der Waals surface area contributed by atoms with E-state index in [9.17, 15) is 18.4 Å². The molecular formula is C21H18ClF2N5O2. The fourth-order valence-corrected chi connectivity index (χ4v) is 3.88. The van der Waals surface area contributed by atoms with E-state index in [-0.39, 0.29) is 23.2 Å². The summed E-state index contributed by atoms with van der Waals surface area (Å²) in [6.07, 6.45) is -1.02. The van der Waals surface area contributed by atoms with Crippen LogP contribution < -0.4 is 10.2 Å². The quantitative estimate of drug-likeness (QED) is 0.604. The summed E-state index contributed by atoms with van der Waals surface area (Å²) in [7, 11) is 0. The fourth-order valence-electron chi connectivity index (χ4n) is 3.56. The van der Waals surface area contributed by atoms with Crippen LogP contribution in [0.1, 0.15) is 30.6 Å². The van der Waals surface area contributed by atoms with Crippen LogP contribution in [0.4, 0.5) is 20.2 Å². The molecule has 1 atom stereocenters. The summed E-state index contributed by atoms with van der Waals surface area (Å²) >= 11 is 6.42. The highest BCUT2D eigenvalue weighted by atomic mass is 35.5. The van der Waals surface area contributed by atoms with Crippen LogP contribution in [0.2, 0.25) is 5.15 Å². The first-order valence-corrected chi connectivity index (χ1v) is 9.84. The van der Waals surface area contributed by atoms with Crippen LogP contribution in [-0.2, 0) is 9.59 Å². The smallest absolute Gasteiger partial charge is 0.263 e. The fraction of sp³-hybridized carbons (Fsp3) is 0.238. The highest BCUT2D eigenvalue weighted by molar-refractivity contribution is 6.33. The van der Waals surface area contributed by atoms with Crippen molar-refractivity contribution in [2.24, 2.45) is 0 Å². The van der Waals surface area contributed by atoms with Gasteiger partial charge in [0.25, 0.3) is 12.3 Å². The monoisotopic (exact) mass is 445 g/mol. The largest absolute Gasteiger partial charge is 0.325 e. The summed E-state index contributed by atoms with van der Waals surface area (Å²) < 4.78 is 27.0. The summed E-state index contributed by atoms with van der Waals surface area (Å²) in [5.74, 6) is -0.824. The normalized spacial score (nSPS) is 15.5. The van der Waals surface area contributed by atoms with Crippen molar-refractivity contribution in [1.82, 2.24) is 14.8 Å². The zero-order valence-corrected chi connectivity index (χ0v) is 17.4. The van der Waals surface area contributed by atoms with Crippen molar-refractivity contribution in [1.29, 1.82) is 0 Å². The lowest BCUT2D eigenvalue weighted by molar-refractivity contribution is -0.123. The standard InChI is InChI=1S/C21H18ClF2N5O2/c1-11-9-16-18(19(22)26-11)15-7-8-25-29(15)12(2)21(31)28(16)10-17(30)27-14-5-3-13(4-6-14)20(23)24/h3-9,12,20H,10H2,1-2H3,(H,27,30). The van der Waals surface area contributed by atoms with Crippen molar-refractivity contribution in [2.45, 2.75) is 26.3 Å². The summed E-state index contributed by atoms with van der Waals surface area (Å²) in [6, 6.07) is 8.01. The number of nitrogens with one attached hydrogen (secondary N) is 1. The number of fused-ring (bicyclic) bond motifs is 3. The Balaban J connectivity index is 1.67. The molecule has 4 rings (SSSR count). The number of carbonyl (C=O) groups is 2. The van der Waals surface area contributed by atoms with Crippen LogP contribution in [-0.4, -0.2) is 33.1 Å². The minimum Gasteiger partial charge on any atom is -0.325 e. The van der Waals surface area contributed by atoms with E-state index in [0.29, 0.717) is 28.3 Å². The highest BCUT2D eigenvalue weighted by Gasteiger charge is 2.34. The zero-order chi connectivity index (χ0) is 22.3. The molecule has 1 aromatic carbocycles. The van der Waals surface area contributed by atoms with Gasteiger partial charge in [-0.05, 0) is 38.1 Å². The molecule has 0 aliphatic carbocycles. The van der Waals surface area contributed by atoms with E-state index in [4.69, 9.17) is 11.6 Å². The minimum atomic E-state index is -2.59. The summed E-state index contributed by atoms with van der Waals surface area (Å²) in [4.78, 5) is 31.6. The molecule has 0 saturated heterocycles. The van der Waals surface area contributed by atoms with Gasteiger partial charge in [0.2, 0.25) is 5.91 Å². The molecular weight excluding hydrogens is 428 g/mol. The van der Waals surface area contributed by atoms with Gasteiger partial charge in [0.05, 0.1) is 16.9 Å². The molecule has 3 aromatic rings. The number of amides is 2. The maximum Gasteiger partial charge on any atom is 0.263 e. The maximum absolute atomic E-state index is 13.2. The Hall–Kier alpha value is -3.33. The van der Waals surface area contributed by atoms with Gasteiger partial charge in [-0.25, -0.2) is 13.8 Å². The number of nitrogens with zero attached hydrogens (tertiary/aromatic N) is 4. The van der Waals surface area contributed by atoms with Crippen molar-refractivity contribution in [3.05, 3.63) is 59.0 Å². The second kappa shape index (κ2) is 8.07. The van der Waals surface area contributed by atoms with Gasteiger partial charge in [0, 0.05) is 23.1 Å². The Bertz CT molecular complexity index is 1160. The first-order valence-electron chi connectivity index (χ1n) is 9.46. The number of pyridine rings is 1. The minimum absolute atomic E-state index is 0.143. The number of aryl methyl sites for hydroxylation is 1. The number of hydrogen-bond donors (Lipinski definition) is 1. The average molecular weight is 446 g/mol. The first kappa shape index (κ1) is 20.9. The second-order valence-electron chi connectivity index (χ2n) is 7.18. The first-order chi connectivity index (χ1) is 14.8. The molecule has 0 fully saturated rings. The Morgan fingerprint density at radius 1 is 1.26 bits per heavy atom. The molecule has 0 saturated carbocycles. The molecule has 1 aliphatic heterocycles. The molecule has 2 amide bonds. The van der Waals surface area contributed by atoms with Crippen LogP contribution >= 0.6 is 11.6 Å². The van der Waals surface area contributed by atoms with Crippen LogP contribution in [0.25, 0.3) is 11.3 Å². The van der Waals surface area contributed by atoms with Crippen molar-refractivity contribution in [3.8, 4) is 11.3 Å². The average Bonchev–Trinajstić information content (AvgIpc) is 3.17. The van der Waals surface area contributed by atoms with Gasteiger partial charge in [-0.2, -0.15) is 5.10 Å². The van der Waals surface area contributed by atoms with Crippen molar-refractivity contribution < 1.29 is 18.4 Å². The number of hydrogen-bond acceptors (Lipinski definition) is 4. The van der Waals surface area contributed by atoms with Crippen molar-refractivity contribution >= 4 is 34.8 Å². The number of aromatic nitrogens is 3. The van der Waals surface area contributed by atoms with Gasteiger partial charge in [-0.3, -0.25) is 14.3 Å². The van der Waals surface area contributed by atoms with E-state index in [1.165, 1.54) is 29.2 Å². The van der Waals surface area contributed by atoms with Crippen molar-refractivity contribution in [3.63, 3.8) is 0 Å². The molecule has 7 nitrogen and oxygen atoms in total. The third kappa shape index (κ3) is 3.88. The molecule has 10 heteroatoms. The molecule has 2 aromatic heterocycles. The number of anilines is 2. The van der Waals surface area contributed by atoms with Crippen LogP contribution in [0, 0.1) is 6.92 Å². The zero-order valence-electron chi connectivity index (χ0n) is 16.6. The van der Waals surface area contributed by atoms with E-state index in [0.717, 1.165) is 0 Å². The van der Waals surface area contributed by atoms with E-state index >= 15 is 0 Å². The molecule has 31 heavy (non-hydrogen) atoms. The number of rotatable bonds is 4. The topological polar surface area (TPSA) is 80.1 Å². The van der Waals surface area contributed by atoms with E-state index in [1.807, 2.05) is 0 Å². The van der Waals surface area contributed by atoms with Gasteiger partial charge >= 0.3 is 0 Å². The van der Waals surface area contributed by atoms with E-state index in [1.54, 1.807) is 36.9 Å². The Labute approximate surface area is 181 Å². The number of carbonyl (C=O) groups excluding carboxylic acids is 2. The molecule has 1 unspecified atom stereocenters. The van der Waals surface area contributed by atoms with Crippen LogP contribution in [0.5, 0.6) is 0 Å². The maximum atomic E-state index is 13.2. The van der Waals surface area contributed by atoms with Gasteiger partial charge in [0.15, 0.2) is 0 Å². The number of alkyl halides is 2. The molecule has 1 aliphatic rings. The highest BCUT2D eigenvalue weighted by Crippen LogP contribution is 2.40. The predicted molar refractivity (Wildman–Crippen MR) is 112 cm³/mol. The summed E-state index contributed by atoms with van der Waals surface area (Å²) in [5, 5.41) is 7.07. The second-order valence-corrected chi connectivity index (χ2v) is 7.54. The third-order valence-corrected chi connectivity index (χ3v) is 5.31.